The molecule has 5 heteroatoms. The van der Waals surface area contributed by atoms with Gasteiger partial charge in [0.05, 0.1) is 6.54 Å². The smallest absolute Gasteiger partial charge is 0.225 e. The number of carbonyl (C=O) groups is 1. The summed E-state index contributed by atoms with van der Waals surface area (Å²) in [5.41, 5.74) is 2.18. The van der Waals surface area contributed by atoms with Gasteiger partial charge >= 0.3 is 0 Å². The minimum atomic E-state index is -0.204. The molecular weight excluding hydrogens is 391 g/mol. The first kappa shape index (κ1) is 23.5. The average molecular weight is 429 g/mol. The number of aryl methyl sites for hydroxylation is 2. The highest BCUT2D eigenvalue weighted by Crippen LogP contribution is 2.35. The van der Waals surface area contributed by atoms with Gasteiger partial charge in [-0.1, -0.05) is 39.8 Å². The third-order valence-electron chi connectivity index (χ3n) is 6.24. The quantitative estimate of drug-likeness (QED) is 0.565. The highest BCUT2D eigenvalue weighted by Gasteiger charge is 2.36. The Kier molecular flexibility index (Phi) is 7.58. The van der Waals surface area contributed by atoms with Gasteiger partial charge in [0, 0.05) is 38.0 Å². The molecule has 0 spiro atoms. The van der Waals surface area contributed by atoms with Gasteiger partial charge < -0.3 is 9.32 Å². The second-order valence-corrected chi connectivity index (χ2v) is 9.86. The number of likely N-dealkylation sites (tertiary alicyclic amines) is 1. The number of carbonyl (C=O) groups excluding carboxylic acids is 1. The summed E-state index contributed by atoms with van der Waals surface area (Å²) in [5, 5.41) is 0. The third kappa shape index (κ3) is 5.97. The van der Waals surface area contributed by atoms with E-state index in [2.05, 4.69) is 31.7 Å². The molecule has 2 aromatic rings. The fourth-order valence-electron chi connectivity index (χ4n) is 4.68. The summed E-state index contributed by atoms with van der Waals surface area (Å²) >= 11 is 0. The first-order valence-electron chi connectivity index (χ1n) is 11.5. The van der Waals surface area contributed by atoms with Crippen LogP contribution in [-0.4, -0.2) is 41.9 Å². The van der Waals surface area contributed by atoms with Crippen LogP contribution in [0.2, 0.25) is 0 Å². The first-order chi connectivity index (χ1) is 14.6. The zero-order valence-corrected chi connectivity index (χ0v) is 19.8. The Bertz CT molecular complexity index is 870. The van der Waals surface area contributed by atoms with Crippen LogP contribution in [0.15, 0.2) is 34.7 Å². The summed E-state index contributed by atoms with van der Waals surface area (Å²) < 4.78 is 19.9. The van der Waals surface area contributed by atoms with Crippen molar-refractivity contribution in [1.82, 2.24) is 9.80 Å². The zero-order chi connectivity index (χ0) is 22.7. The number of benzene rings is 1. The van der Waals surface area contributed by atoms with Crippen LogP contribution >= 0.6 is 0 Å². The van der Waals surface area contributed by atoms with Gasteiger partial charge in [0.15, 0.2) is 0 Å². The second kappa shape index (κ2) is 9.99. The van der Waals surface area contributed by atoms with Gasteiger partial charge in [0.2, 0.25) is 5.91 Å². The molecule has 0 aliphatic carbocycles. The van der Waals surface area contributed by atoms with Crippen molar-refractivity contribution < 1.29 is 13.6 Å². The van der Waals surface area contributed by atoms with Crippen LogP contribution in [0.25, 0.3) is 0 Å². The van der Waals surface area contributed by atoms with Crippen LogP contribution in [0, 0.1) is 37.4 Å². The molecule has 1 saturated heterocycles. The van der Waals surface area contributed by atoms with Crippen LogP contribution in [0.4, 0.5) is 4.39 Å². The van der Waals surface area contributed by atoms with E-state index in [1.165, 1.54) is 6.07 Å². The van der Waals surface area contributed by atoms with Gasteiger partial charge in [0.25, 0.3) is 0 Å². The standard InChI is InChI=1S/C26H37FN2O2/c1-17(2)12-29(26(30)18(3)4)14-22-13-28(15-24-10-19(5)20(6)31-24)16-25(22)21-8-7-9-23(27)11-21/h7-11,17-18,22,25H,12-16H2,1-6H3/t22-,25+/m1/s1. The number of hydrogen-bond acceptors (Lipinski definition) is 3. The largest absolute Gasteiger partial charge is 0.465 e. The summed E-state index contributed by atoms with van der Waals surface area (Å²) in [6.45, 7) is 16.1. The lowest BCUT2D eigenvalue weighted by atomic mass is 9.88. The van der Waals surface area contributed by atoms with Crippen LogP contribution in [-0.2, 0) is 11.3 Å². The maximum Gasteiger partial charge on any atom is 0.225 e. The van der Waals surface area contributed by atoms with Crippen LogP contribution in [0.5, 0.6) is 0 Å². The molecule has 1 aliphatic heterocycles. The molecule has 1 aliphatic rings. The van der Waals surface area contributed by atoms with Gasteiger partial charge in [-0.25, -0.2) is 4.39 Å². The van der Waals surface area contributed by atoms with Crippen LogP contribution < -0.4 is 0 Å². The summed E-state index contributed by atoms with van der Waals surface area (Å²) in [4.78, 5) is 17.3. The van der Waals surface area contributed by atoms with E-state index in [0.717, 1.165) is 48.8 Å². The molecule has 4 nitrogen and oxygen atoms in total. The van der Waals surface area contributed by atoms with Crippen molar-refractivity contribution in [1.29, 1.82) is 0 Å². The van der Waals surface area contributed by atoms with E-state index in [1.54, 1.807) is 12.1 Å². The Morgan fingerprint density at radius 1 is 1.19 bits per heavy atom. The Labute approximate surface area is 186 Å². The number of nitrogens with zero attached hydrogens (tertiary/aromatic N) is 2. The van der Waals surface area contributed by atoms with Gasteiger partial charge in [0.1, 0.15) is 17.3 Å². The lowest BCUT2D eigenvalue weighted by Crippen LogP contribution is -2.41. The maximum atomic E-state index is 14.0. The fourth-order valence-corrected chi connectivity index (χ4v) is 4.68. The molecule has 170 valence electrons. The molecule has 0 saturated carbocycles. The second-order valence-electron chi connectivity index (χ2n) is 9.86. The molecule has 31 heavy (non-hydrogen) atoms. The average Bonchev–Trinajstić information content (AvgIpc) is 3.22. The predicted molar refractivity (Wildman–Crippen MR) is 122 cm³/mol. The zero-order valence-electron chi connectivity index (χ0n) is 19.8. The van der Waals surface area contributed by atoms with Gasteiger partial charge in [-0.2, -0.15) is 0 Å². The van der Waals surface area contributed by atoms with Crippen molar-refractivity contribution in [2.75, 3.05) is 26.2 Å². The summed E-state index contributed by atoms with van der Waals surface area (Å²) in [6.07, 6.45) is 0. The molecular formula is C26H37FN2O2. The summed E-state index contributed by atoms with van der Waals surface area (Å²) in [5.74, 6) is 2.72. The maximum absolute atomic E-state index is 14.0. The van der Waals surface area contributed by atoms with E-state index in [-0.39, 0.29) is 29.5 Å². The number of amides is 1. The highest BCUT2D eigenvalue weighted by atomic mass is 19.1. The van der Waals surface area contributed by atoms with E-state index in [4.69, 9.17) is 4.42 Å². The Morgan fingerprint density at radius 2 is 1.94 bits per heavy atom. The number of hydrogen-bond donors (Lipinski definition) is 0. The molecule has 0 radical (unpaired) electrons. The van der Waals surface area contributed by atoms with E-state index in [1.807, 2.05) is 31.7 Å². The van der Waals surface area contributed by atoms with Crippen LogP contribution in [0.1, 0.15) is 56.3 Å². The van der Waals surface area contributed by atoms with Gasteiger partial charge in [-0.15, -0.1) is 0 Å². The predicted octanol–water partition coefficient (Wildman–Crippen LogP) is 5.39. The topological polar surface area (TPSA) is 36.7 Å². The molecule has 0 N–H and O–H groups in total. The molecule has 0 bridgehead atoms. The summed E-state index contributed by atoms with van der Waals surface area (Å²) in [7, 11) is 0. The molecule has 1 amide bonds. The summed E-state index contributed by atoms with van der Waals surface area (Å²) in [6, 6.07) is 9.05. The van der Waals surface area contributed by atoms with Crippen molar-refractivity contribution >= 4 is 5.91 Å². The lowest BCUT2D eigenvalue weighted by molar-refractivity contribution is -0.135. The van der Waals surface area contributed by atoms with Crippen molar-refractivity contribution in [3.63, 3.8) is 0 Å². The molecule has 1 aromatic heterocycles. The third-order valence-corrected chi connectivity index (χ3v) is 6.24. The van der Waals surface area contributed by atoms with Gasteiger partial charge in [-0.3, -0.25) is 9.69 Å². The van der Waals surface area contributed by atoms with Crippen molar-refractivity contribution in [3.8, 4) is 0 Å². The van der Waals surface area contributed by atoms with E-state index >= 15 is 0 Å². The molecule has 1 aromatic carbocycles. The molecule has 0 unspecified atom stereocenters. The molecule has 1 fully saturated rings. The van der Waals surface area contributed by atoms with E-state index < -0.39 is 0 Å². The van der Waals surface area contributed by atoms with Crippen molar-refractivity contribution in [3.05, 3.63) is 58.8 Å². The van der Waals surface area contributed by atoms with E-state index in [0.29, 0.717) is 12.5 Å². The highest BCUT2D eigenvalue weighted by molar-refractivity contribution is 5.78. The number of halogens is 1. The number of furan rings is 1. The Balaban J connectivity index is 1.83. The molecule has 3 rings (SSSR count). The Morgan fingerprint density at radius 3 is 2.52 bits per heavy atom. The fraction of sp³-hybridized carbons (Fsp3) is 0.577. The SMILES string of the molecule is Cc1cc(CN2C[C@H](CN(CC(C)C)C(=O)C(C)C)[C@H](c3cccc(F)c3)C2)oc1C. The van der Waals surface area contributed by atoms with Crippen molar-refractivity contribution in [2.45, 2.75) is 54.0 Å². The monoisotopic (exact) mass is 428 g/mol. The number of rotatable bonds is 8. The Hall–Kier alpha value is -2.14. The first-order valence-corrected chi connectivity index (χ1v) is 11.5. The molecule has 2 heterocycles. The normalized spacial score (nSPS) is 19.5. The van der Waals surface area contributed by atoms with Crippen molar-refractivity contribution in [2.24, 2.45) is 17.8 Å². The van der Waals surface area contributed by atoms with Gasteiger partial charge in [-0.05, 0) is 55.0 Å². The minimum absolute atomic E-state index is 0.0297. The molecule has 2 atom stereocenters. The minimum Gasteiger partial charge on any atom is -0.465 e. The van der Waals surface area contributed by atoms with E-state index in [9.17, 15) is 9.18 Å². The lowest BCUT2D eigenvalue weighted by Gasteiger charge is -2.31. The van der Waals surface area contributed by atoms with Crippen LogP contribution in [0.3, 0.4) is 0 Å².